The third-order valence-electron chi connectivity index (χ3n) is 4.64. The molecule has 0 aliphatic carbocycles. The molecule has 0 unspecified atom stereocenters. The smallest absolute Gasteiger partial charge is 0.0984 e. The molecule has 3 heterocycles. The first-order valence-corrected chi connectivity index (χ1v) is 8.06. The zero-order chi connectivity index (χ0) is 14.2. The number of hydrogen-bond donors (Lipinski definition) is 0. The molecule has 5 heteroatoms. The molecule has 3 rings (SSSR count). The van der Waals surface area contributed by atoms with Crippen LogP contribution in [-0.2, 0) is 19.0 Å². The van der Waals surface area contributed by atoms with Gasteiger partial charge in [0, 0.05) is 41.8 Å². The average molecular weight is 290 g/mol. The van der Waals surface area contributed by atoms with Crippen molar-refractivity contribution in [1.29, 1.82) is 0 Å². The van der Waals surface area contributed by atoms with Crippen molar-refractivity contribution in [3.05, 3.63) is 34.0 Å². The monoisotopic (exact) mass is 290 g/mol. The highest BCUT2D eigenvalue weighted by Gasteiger charge is 2.33. The number of aromatic nitrogens is 3. The van der Waals surface area contributed by atoms with Gasteiger partial charge in [-0.1, -0.05) is 6.92 Å². The molecule has 0 aromatic carbocycles. The van der Waals surface area contributed by atoms with Crippen molar-refractivity contribution < 1.29 is 0 Å². The summed E-state index contributed by atoms with van der Waals surface area (Å²) in [5, 5.41) is 7.72. The number of likely N-dealkylation sites (tertiary alicyclic amines) is 1. The van der Waals surface area contributed by atoms with Crippen molar-refractivity contribution in [2.45, 2.75) is 38.6 Å². The van der Waals surface area contributed by atoms with Gasteiger partial charge in [-0.05, 0) is 32.9 Å². The summed E-state index contributed by atoms with van der Waals surface area (Å²) in [5.74, 6) is 0. The van der Waals surface area contributed by atoms with Gasteiger partial charge in [-0.2, -0.15) is 5.10 Å². The van der Waals surface area contributed by atoms with Gasteiger partial charge in [-0.15, -0.1) is 11.3 Å². The molecule has 0 spiro atoms. The van der Waals surface area contributed by atoms with E-state index >= 15 is 0 Å². The predicted octanol–water partition coefficient (Wildman–Crippen LogP) is 2.74. The summed E-state index contributed by atoms with van der Waals surface area (Å²) in [7, 11) is 2.01. The lowest BCUT2D eigenvalue weighted by atomic mass is 9.81. The van der Waals surface area contributed by atoms with Gasteiger partial charge in [-0.25, -0.2) is 4.98 Å². The lowest BCUT2D eigenvalue weighted by Gasteiger charge is -2.38. The van der Waals surface area contributed by atoms with Gasteiger partial charge < -0.3 is 0 Å². The maximum Gasteiger partial charge on any atom is 0.0984 e. The molecule has 0 amide bonds. The zero-order valence-corrected chi connectivity index (χ0v) is 13.3. The minimum atomic E-state index is 0.272. The quantitative estimate of drug-likeness (QED) is 0.871. The Kier molecular flexibility index (Phi) is 3.65. The minimum Gasteiger partial charge on any atom is -0.299 e. The van der Waals surface area contributed by atoms with Crippen LogP contribution in [0.2, 0.25) is 0 Å². The topological polar surface area (TPSA) is 34.0 Å². The normalized spacial score (nSPS) is 19.4. The van der Waals surface area contributed by atoms with Gasteiger partial charge in [0.25, 0.3) is 0 Å². The lowest BCUT2D eigenvalue weighted by molar-refractivity contribution is 0.161. The molecule has 0 radical (unpaired) electrons. The van der Waals surface area contributed by atoms with Crippen molar-refractivity contribution in [1.82, 2.24) is 19.7 Å². The number of piperidine rings is 1. The average Bonchev–Trinajstić information content (AvgIpc) is 3.08. The lowest BCUT2D eigenvalue weighted by Crippen LogP contribution is -2.40. The van der Waals surface area contributed by atoms with Crippen LogP contribution < -0.4 is 0 Å². The van der Waals surface area contributed by atoms with E-state index in [1.807, 2.05) is 24.1 Å². The standard InChI is InChI=1S/C15H22N4S/c1-12-13(10-17-18(12)3)11-19-7-4-15(2,5-8-19)14-16-6-9-20-14/h6,9-10H,4-5,7-8,11H2,1-3H3. The molecule has 1 aliphatic heterocycles. The van der Waals surface area contributed by atoms with Crippen LogP contribution in [-0.4, -0.2) is 32.8 Å². The van der Waals surface area contributed by atoms with E-state index in [-0.39, 0.29) is 5.41 Å². The van der Waals surface area contributed by atoms with E-state index in [0.717, 1.165) is 19.6 Å². The molecule has 2 aromatic heterocycles. The second-order valence-corrected chi connectivity index (χ2v) is 6.95. The summed E-state index contributed by atoms with van der Waals surface area (Å²) >= 11 is 1.80. The van der Waals surface area contributed by atoms with Crippen LogP contribution in [0, 0.1) is 6.92 Å². The minimum absolute atomic E-state index is 0.272. The molecular formula is C15H22N4S. The highest BCUT2D eigenvalue weighted by Crippen LogP contribution is 2.36. The summed E-state index contributed by atoms with van der Waals surface area (Å²) in [4.78, 5) is 7.07. The van der Waals surface area contributed by atoms with Gasteiger partial charge in [0.05, 0.1) is 11.2 Å². The van der Waals surface area contributed by atoms with Crippen molar-refractivity contribution in [3.8, 4) is 0 Å². The van der Waals surface area contributed by atoms with Gasteiger partial charge >= 0.3 is 0 Å². The largest absolute Gasteiger partial charge is 0.299 e. The molecule has 4 nitrogen and oxygen atoms in total. The Morgan fingerprint density at radius 3 is 2.65 bits per heavy atom. The molecule has 1 saturated heterocycles. The van der Waals surface area contributed by atoms with Crippen LogP contribution in [0.3, 0.4) is 0 Å². The molecule has 1 aliphatic rings. The molecule has 2 aromatic rings. The third kappa shape index (κ3) is 2.52. The molecule has 0 N–H and O–H groups in total. The van der Waals surface area contributed by atoms with E-state index in [1.54, 1.807) is 11.3 Å². The molecule has 0 atom stereocenters. The number of nitrogens with zero attached hydrogens (tertiary/aromatic N) is 4. The number of hydrogen-bond acceptors (Lipinski definition) is 4. The fourth-order valence-electron chi connectivity index (χ4n) is 2.88. The van der Waals surface area contributed by atoms with Gasteiger partial charge in [-0.3, -0.25) is 9.58 Å². The van der Waals surface area contributed by atoms with Crippen LogP contribution in [0.4, 0.5) is 0 Å². The van der Waals surface area contributed by atoms with Gasteiger partial charge in [0.15, 0.2) is 0 Å². The van der Waals surface area contributed by atoms with E-state index in [1.165, 1.54) is 29.1 Å². The predicted molar refractivity (Wildman–Crippen MR) is 81.9 cm³/mol. The van der Waals surface area contributed by atoms with E-state index in [2.05, 4.69) is 34.2 Å². The first kappa shape index (κ1) is 13.8. The Labute approximate surface area is 124 Å². The Morgan fingerprint density at radius 2 is 2.10 bits per heavy atom. The van der Waals surface area contributed by atoms with Gasteiger partial charge in [0.2, 0.25) is 0 Å². The highest BCUT2D eigenvalue weighted by atomic mass is 32.1. The fourth-order valence-corrected chi connectivity index (χ4v) is 3.74. The Balaban J connectivity index is 1.63. The Bertz CT molecular complexity index is 565. The second kappa shape index (κ2) is 5.30. The summed E-state index contributed by atoms with van der Waals surface area (Å²) in [6.45, 7) is 7.81. The van der Waals surface area contributed by atoms with E-state index < -0.39 is 0 Å². The maximum atomic E-state index is 4.52. The van der Waals surface area contributed by atoms with Crippen LogP contribution in [0.25, 0.3) is 0 Å². The van der Waals surface area contributed by atoms with Crippen LogP contribution in [0.1, 0.15) is 36.0 Å². The van der Waals surface area contributed by atoms with Crippen molar-refractivity contribution >= 4 is 11.3 Å². The van der Waals surface area contributed by atoms with Crippen molar-refractivity contribution in [3.63, 3.8) is 0 Å². The van der Waals surface area contributed by atoms with Crippen molar-refractivity contribution in [2.24, 2.45) is 7.05 Å². The molecule has 1 fully saturated rings. The first-order chi connectivity index (χ1) is 9.58. The summed E-state index contributed by atoms with van der Waals surface area (Å²) in [5.41, 5.74) is 2.90. The molecule has 20 heavy (non-hydrogen) atoms. The highest BCUT2D eigenvalue weighted by molar-refractivity contribution is 7.09. The van der Waals surface area contributed by atoms with E-state index in [9.17, 15) is 0 Å². The van der Waals surface area contributed by atoms with E-state index in [0.29, 0.717) is 0 Å². The number of aryl methyl sites for hydroxylation is 1. The Morgan fingerprint density at radius 1 is 1.35 bits per heavy atom. The number of rotatable bonds is 3. The van der Waals surface area contributed by atoms with Crippen LogP contribution in [0.15, 0.2) is 17.8 Å². The first-order valence-electron chi connectivity index (χ1n) is 7.18. The molecule has 0 saturated carbocycles. The summed E-state index contributed by atoms with van der Waals surface area (Å²) in [6.07, 6.45) is 6.32. The number of thiazole rings is 1. The SMILES string of the molecule is Cc1c(CN2CCC(C)(c3nccs3)CC2)cnn1C. The summed E-state index contributed by atoms with van der Waals surface area (Å²) < 4.78 is 1.96. The molecule has 108 valence electrons. The third-order valence-corrected chi connectivity index (χ3v) is 5.72. The zero-order valence-electron chi connectivity index (χ0n) is 12.5. The second-order valence-electron chi connectivity index (χ2n) is 6.05. The fraction of sp³-hybridized carbons (Fsp3) is 0.600. The Hall–Kier alpha value is -1.20. The molecule has 0 bridgehead atoms. The summed E-state index contributed by atoms with van der Waals surface area (Å²) in [6, 6.07) is 0. The van der Waals surface area contributed by atoms with Gasteiger partial charge in [0.1, 0.15) is 0 Å². The van der Waals surface area contributed by atoms with Crippen molar-refractivity contribution in [2.75, 3.05) is 13.1 Å². The van der Waals surface area contributed by atoms with Crippen LogP contribution in [0.5, 0.6) is 0 Å². The maximum absolute atomic E-state index is 4.52. The van der Waals surface area contributed by atoms with Crippen LogP contribution >= 0.6 is 11.3 Å². The molecular weight excluding hydrogens is 268 g/mol. The van der Waals surface area contributed by atoms with E-state index in [4.69, 9.17) is 0 Å².